The molecule has 2 bridgehead atoms. The van der Waals surface area contributed by atoms with Crippen LogP contribution in [-0.4, -0.2) is 10.5 Å². The molecule has 2 saturated carbocycles. The van der Waals surface area contributed by atoms with E-state index in [0.29, 0.717) is 0 Å². The first-order valence-corrected chi connectivity index (χ1v) is 6.26. The van der Waals surface area contributed by atoms with Gasteiger partial charge in [-0.2, -0.15) is 11.8 Å². The standard InChI is InChI=1S/C11H20S/c1-7(2)12-11-6-9-4-8(3)10(11)5-9/h7-11H,4-6H2,1-3H3/t8?,9-,10-,11?/m0/s1. The lowest BCUT2D eigenvalue weighted by molar-refractivity contribution is 0.369. The molecular weight excluding hydrogens is 164 g/mol. The Morgan fingerprint density at radius 1 is 1.17 bits per heavy atom. The molecule has 0 radical (unpaired) electrons. The Morgan fingerprint density at radius 3 is 2.42 bits per heavy atom. The summed E-state index contributed by atoms with van der Waals surface area (Å²) in [5.74, 6) is 3.20. The molecule has 0 aliphatic heterocycles. The van der Waals surface area contributed by atoms with Crippen molar-refractivity contribution in [2.45, 2.75) is 50.5 Å². The summed E-state index contributed by atoms with van der Waals surface area (Å²) in [6.45, 7) is 7.13. The summed E-state index contributed by atoms with van der Waals surface area (Å²) in [7, 11) is 0. The zero-order valence-corrected chi connectivity index (χ0v) is 9.23. The molecule has 0 nitrogen and oxygen atoms in total. The van der Waals surface area contributed by atoms with E-state index in [1.54, 1.807) is 6.42 Å². The van der Waals surface area contributed by atoms with Gasteiger partial charge in [-0.3, -0.25) is 0 Å². The average molecular weight is 184 g/mol. The SMILES string of the molecule is CC(C)SC1C[C@H]2CC(C)[C@@H]1C2. The van der Waals surface area contributed by atoms with Crippen LogP contribution in [0, 0.1) is 17.8 Å². The number of thioether (sulfide) groups is 1. The van der Waals surface area contributed by atoms with Crippen molar-refractivity contribution in [3.05, 3.63) is 0 Å². The maximum atomic E-state index is 2.46. The van der Waals surface area contributed by atoms with E-state index < -0.39 is 0 Å². The Labute approximate surface area is 80.5 Å². The molecule has 2 unspecified atom stereocenters. The number of hydrogen-bond acceptors (Lipinski definition) is 1. The van der Waals surface area contributed by atoms with E-state index >= 15 is 0 Å². The van der Waals surface area contributed by atoms with Crippen molar-refractivity contribution in [3.8, 4) is 0 Å². The van der Waals surface area contributed by atoms with Gasteiger partial charge in [0.2, 0.25) is 0 Å². The van der Waals surface area contributed by atoms with E-state index in [9.17, 15) is 0 Å². The van der Waals surface area contributed by atoms with Crippen LogP contribution >= 0.6 is 11.8 Å². The largest absolute Gasteiger partial charge is 0.155 e. The first kappa shape index (κ1) is 8.93. The van der Waals surface area contributed by atoms with Crippen molar-refractivity contribution in [1.82, 2.24) is 0 Å². The van der Waals surface area contributed by atoms with E-state index in [0.717, 1.165) is 28.3 Å². The molecule has 2 fully saturated rings. The van der Waals surface area contributed by atoms with Gasteiger partial charge >= 0.3 is 0 Å². The van der Waals surface area contributed by atoms with E-state index in [1.807, 2.05) is 0 Å². The average Bonchev–Trinajstić information content (AvgIpc) is 2.43. The molecule has 0 aromatic heterocycles. The molecule has 4 atom stereocenters. The summed E-state index contributed by atoms with van der Waals surface area (Å²) in [6.07, 6.45) is 4.60. The van der Waals surface area contributed by atoms with E-state index in [4.69, 9.17) is 0 Å². The van der Waals surface area contributed by atoms with E-state index in [-0.39, 0.29) is 0 Å². The fourth-order valence-corrected chi connectivity index (χ4v) is 4.80. The third-order valence-corrected chi connectivity index (χ3v) is 4.97. The van der Waals surface area contributed by atoms with Crippen molar-refractivity contribution in [2.24, 2.45) is 17.8 Å². The Kier molecular flexibility index (Phi) is 2.42. The predicted octanol–water partition coefficient (Wildman–Crippen LogP) is 3.56. The van der Waals surface area contributed by atoms with Crippen molar-refractivity contribution < 1.29 is 0 Å². The second-order valence-electron chi connectivity index (χ2n) is 4.94. The highest BCUT2D eigenvalue weighted by Gasteiger charge is 2.44. The second kappa shape index (κ2) is 3.25. The maximum absolute atomic E-state index is 2.46. The van der Waals surface area contributed by atoms with Crippen molar-refractivity contribution in [2.75, 3.05) is 0 Å². The van der Waals surface area contributed by atoms with Crippen LogP contribution in [0.15, 0.2) is 0 Å². The summed E-state index contributed by atoms with van der Waals surface area (Å²) < 4.78 is 0. The monoisotopic (exact) mass is 184 g/mol. The minimum Gasteiger partial charge on any atom is -0.155 e. The highest BCUT2D eigenvalue weighted by atomic mass is 32.2. The lowest BCUT2D eigenvalue weighted by Gasteiger charge is -2.27. The molecule has 2 aliphatic carbocycles. The van der Waals surface area contributed by atoms with Crippen LogP contribution in [0.25, 0.3) is 0 Å². The highest BCUT2D eigenvalue weighted by Crippen LogP contribution is 2.53. The quantitative estimate of drug-likeness (QED) is 0.632. The topological polar surface area (TPSA) is 0 Å². The zero-order chi connectivity index (χ0) is 8.72. The molecule has 1 heteroatoms. The van der Waals surface area contributed by atoms with Gasteiger partial charge in [-0.05, 0) is 42.3 Å². The maximum Gasteiger partial charge on any atom is 0.00831 e. The summed E-state index contributed by atoms with van der Waals surface area (Å²) in [6, 6.07) is 0. The normalized spacial score (nSPS) is 46.0. The van der Waals surface area contributed by atoms with Gasteiger partial charge in [-0.25, -0.2) is 0 Å². The summed E-state index contributed by atoms with van der Waals surface area (Å²) in [5.41, 5.74) is 0. The molecule has 0 N–H and O–H groups in total. The van der Waals surface area contributed by atoms with Crippen LogP contribution in [0.5, 0.6) is 0 Å². The van der Waals surface area contributed by atoms with Gasteiger partial charge in [-0.1, -0.05) is 20.8 Å². The lowest BCUT2D eigenvalue weighted by atomic mass is 9.90. The molecule has 70 valence electrons. The molecule has 0 aromatic rings. The molecule has 2 rings (SSSR count). The molecule has 2 aliphatic rings. The number of rotatable bonds is 2. The third kappa shape index (κ3) is 1.53. The fraction of sp³-hybridized carbons (Fsp3) is 1.00. The highest BCUT2D eigenvalue weighted by molar-refractivity contribution is 8.00. The molecule has 0 saturated heterocycles. The van der Waals surface area contributed by atoms with Crippen molar-refractivity contribution >= 4 is 11.8 Å². The zero-order valence-electron chi connectivity index (χ0n) is 8.42. The summed E-state index contributed by atoms with van der Waals surface area (Å²) in [5, 5.41) is 1.85. The van der Waals surface area contributed by atoms with E-state index in [1.165, 1.54) is 12.8 Å². The summed E-state index contributed by atoms with van der Waals surface area (Å²) >= 11 is 2.23. The first-order chi connectivity index (χ1) is 5.66. The van der Waals surface area contributed by atoms with Crippen LogP contribution in [0.2, 0.25) is 0 Å². The molecule has 0 amide bonds. The predicted molar refractivity (Wildman–Crippen MR) is 56.5 cm³/mol. The van der Waals surface area contributed by atoms with Crippen molar-refractivity contribution in [1.29, 1.82) is 0 Å². The van der Waals surface area contributed by atoms with Crippen LogP contribution in [0.4, 0.5) is 0 Å². The van der Waals surface area contributed by atoms with Gasteiger partial charge in [-0.15, -0.1) is 0 Å². The van der Waals surface area contributed by atoms with Gasteiger partial charge in [0, 0.05) is 5.25 Å². The van der Waals surface area contributed by atoms with Gasteiger partial charge in [0.05, 0.1) is 0 Å². The Morgan fingerprint density at radius 2 is 1.92 bits per heavy atom. The lowest BCUT2D eigenvalue weighted by Crippen LogP contribution is -2.21. The smallest absolute Gasteiger partial charge is 0.00831 e. The van der Waals surface area contributed by atoms with Gasteiger partial charge in [0.25, 0.3) is 0 Å². The Bertz CT molecular complexity index is 164. The first-order valence-electron chi connectivity index (χ1n) is 5.32. The second-order valence-corrected chi connectivity index (χ2v) is 6.76. The minimum absolute atomic E-state index is 0.835. The minimum atomic E-state index is 0.835. The Balaban J connectivity index is 1.93. The molecule has 0 heterocycles. The molecule has 0 spiro atoms. The van der Waals surface area contributed by atoms with Gasteiger partial charge in [0.15, 0.2) is 0 Å². The van der Waals surface area contributed by atoms with Crippen molar-refractivity contribution in [3.63, 3.8) is 0 Å². The fourth-order valence-electron chi connectivity index (χ4n) is 3.13. The Hall–Kier alpha value is 0.350. The van der Waals surface area contributed by atoms with Gasteiger partial charge < -0.3 is 0 Å². The van der Waals surface area contributed by atoms with Crippen LogP contribution in [0.1, 0.15) is 40.0 Å². The number of hydrogen-bond donors (Lipinski definition) is 0. The van der Waals surface area contributed by atoms with Crippen LogP contribution in [-0.2, 0) is 0 Å². The molecular formula is C11H20S. The van der Waals surface area contributed by atoms with E-state index in [2.05, 4.69) is 32.5 Å². The molecule has 12 heavy (non-hydrogen) atoms. The van der Waals surface area contributed by atoms with Crippen LogP contribution < -0.4 is 0 Å². The number of fused-ring (bicyclic) bond motifs is 2. The third-order valence-electron chi connectivity index (χ3n) is 3.53. The van der Waals surface area contributed by atoms with Crippen LogP contribution in [0.3, 0.4) is 0 Å². The summed E-state index contributed by atoms with van der Waals surface area (Å²) in [4.78, 5) is 0. The molecule has 0 aromatic carbocycles. The van der Waals surface area contributed by atoms with Gasteiger partial charge in [0.1, 0.15) is 0 Å².